The van der Waals surface area contributed by atoms with Gasteiger partial charge in [-0.15, -0.1) is 0 Å². The molecule has 0 aliphatic heterocycles. The number of aliphatic hydroxyl groups is 2. The molecular weight excluding hydrogens is 517 g/mol. The van der Waals surface area contributed by atoms with Gasteiger partial charge in [0.1, 0.15) is 0 Å². The summed E-state index contributed by atoms with van der Waals surface area (Å²) >= 11 is 0. The zero-order valence-corrected chi connectivity index (χ0v) is 22.0. The molecule has 0 unspecified atom stereocenters. The van der Waals surface area contributed by atoms with Gasteiger partial charge in [-0.25, -0.2) is 9.67 Å². The monoisotopic (exact) mass is 548 g/mol. The second kappa shape index (κ2) is 12.9. The molecule has 9 nitrogen and oxygen atoms in total. The van der Waals surface area contributed by atoms with Crippen molar-refractivity contribution in [3.05, 3.63) is 59.4 Å². The van der Waals surface area contributed by atoms with Crippen LogP contribution in [0.3, 0.4) is 0 Å². The zero-order chi connectivity index (χ0) is 28.7. The highest BCUT2D eigenvalue weighted by atomic mass is 19.4. The van der Waals surface area contributed by atoms with E-state index in [1.807, 2.05) is 13.8 Å². The topological polar surface area (TPSA) is 120 Å². The summed E-state index contributed by atoms with van der Waals surface area (Å²) in [5, 5.41) is 25.4. The Morgan fingerprint density at radius 1 is 1.21 bits per heavy atom. The zero-order valence-electron chi connectivity index (χ0n) is 22.0. The van der Waals surface area contributed by atoms with Crippen molar-refractivity contribution in [2.45, 2.75) is 57.9 Å². The molecule has 0 fully saturated rings. The number of aromatic nitrogens is 4. The van der Waals surface area contributed by atoms with Gasteiger partial charge in [0.05, 0.1) is 49.3 Å². The maximum atomic E-state index is 13.6. The number of esters is 1. The molecule has 12 heteroatoms. The summed E-state index contributed by atoms with van der Waals surface area (Å²) in [5.74, 6) is -0.483. The first kappa shape index (κ1) is 29.8. The predicted octanol–water partition coefficient (Wildman–Crippen LogP) is 4.56. The van der Waals surface area contributed by atoms with Crippen molar-refractivity contribution >= 4 is 12.0 Å². The van der Waals surface area contributed by atoms with Crippen LogP contribution >= 0.6 is 0 Å². The maximum Gasteiger partial charge on any atom is 0.416 e. The van der Waals surface area contributed by atoms with Crippen molar-refractivity contribution in [2.24, 2.45) is 0 Å². The van der Waals surface area contributed by atoms with Gasteiger partial charge in [0.15, 0.2) is 5.82 Å². The Hall–Kier alpha value is -3.77. The summed E-state index contributed by atoms with van der Waals surface area (Å²) in [6.45, 7) is 5.57. The number of halogens is 3. The first-order valence-electron chi connectivity index (χ1n) is 12.3. The van der Waals surface area contributed by atoms with Gasteiger partial charge in [0.2, 0.25) is 0 Å². The first-order chi connectivity index (χ1) is 18.4. The summed E-state index contributed by atoms with van der Waals surface area (Å²) in [6, 6.07) is 6.43. The molecule has 0 radical (unpaired) electrons. The van der Waals surface area contributed by atoms with Crippen LogP contribution in [0.15, 0.2) is 42.6 Å². The van der Waals surface area contributed by atoms with E-state index in [-0.39, 0.29) is 42.8 Å². The molecule has 2 aromatic heterocycles. The van der Waals surface area contributed by atoms with E-state index in [0.29, 0.717) is 17.0 Å². The van der Waals surface area contributed by atoms with Crippen LogP contribution < -0.4 is 4.74 Å². The standard InChI is InChI=1S/C27H31F3N4O5/c1-5-39-23(37)15-20(36)14-19(35)9-10-21-24(16(2)3)33-34(22-11-12-31-26(32-22)38-4)25(21)17-7-6-8-18(13-17)27(28,29)30/h6-13,16,19-20,35-36H,5,14-15H2,1-4H3/b10-9+/t19-,20+/m0/s1. The average Bonchev–Trinajstić information content (AvgIpc) is 3.27. The molecule has 3 aromatic rings. The van der Waals surface area contributed by atoms with E-state index < -0.39 is 29.9 Å². The van der Waals surface area contributed by atoms with Gasteiger partial charge in [-0.05, 0) is 25.0 Å². The summed E-state index contributed by atoms with van der Waals surface area (Å²) < 4.78 is 52.1. The number of carbonyl (C=O) groups excluding carboxylic acids is 1. The Balaban J connectivity index is 2.12. The van der Waals surface area contributed by atoms with Crippen molar-refractivity contribution in [2.75, 3.05) is 13.7 Å². The molecule has 0 saturated heterocycles. The molecule has 1 aromatic carbocycles. The summed E-state index contributed by atoms with van der Waals surface area (Å²) in [5.41, 5.74) is 0.687. The van der Waals surface area contributed by atoms with Crippen molar-refractivity contribution in [1.29, 1.82) is 0 Å². The maximum absolute atomic E-state index is 13.6. The van der Waals surface area contributed by atoms with Crippen molar-refractivity contribution in [3.63, 3.8) is 0 Å². The Morgan fingerprint density at radius 2 is 1.95 bits per heavy atom. The van der Waals surface area contributed by atoms with Gasteiger partial charge in [0.25, 0.3) is 0 Å². The minimum absolute atomic E-state index is 0.0483. The number of benzene rings is 1. The highest BCUT2D eigenvalue weighted by Gasteiger charge is 2.31. The molecular formula is C27H31F3N4O5. The van der Waals surface area contributed by atoms with E-state index in [1.54, 1.807) is 19.1 Å². The summed E-state index contributed by atoms with van der Waals surface area (Å²) in [7, 11) is 1.39. The lowest BCUT2D eigenvalue weighted by atomic mass is 9.97. The van der Waals surface area contributed by atoms with Gasteiger partial charge in [-0.3, -0.25) is 4.79 Å². The first-order valence-corrected chi connectivity index (χ1v) is 12.3. The van der Waals surface area contributed by atoms with Gasteiger partial charge < -0.3 is 19.7 Å². The van der Waals surface area contributed by atoms with E-state index in [1.165, 1.54) is 36.2 Å². The second-order valence-corrected chi connectivity index (χ2v) is 9.02. The molecule has 0 saturated carbocycles. The minimum atomic E-state index is -4.57. The summed E-state index contributed by atoms with van der Waals surface area (Å²) in [4.78, 5) is 19.9. The Labute approximate surface area is 223 Å². The third-order valence-corrected chi connectivity index (χ3v) is 5.69. The lowest BCUT2D eigenvalue weighted by Crippen LogP contribution is -2.20. The van der Waals surface area contributed by atoms with Crippen LogP contribution in [0.25, 0.3) is 23.2 Å². The normalized spacial score (nSPS) is 13.6. The molecule has 2 atom stereocenters. The summed E-state index contributed by atoms with van der Waals surface area (Å²) in [6.07, 6.45) is -2.91. The fourth-order valence-electron chi connectivity index (χ4n) is 3.93. The fraction of sp³-hybridized carbons (Fsp3) is 0.407. The van der Waals surface area contributed by atoms with Crippen LogP contribution in [-0.4, -0.2) is 61.9 Å². The van der Waals surface area contributed by atoms with Crippen LogP contribution in [0.2, 0.25) is 0 Å². The minimum Gasteiger partial charge on any atom is -0.467 e. The van der Waals surface area contributed by atoms with Crippen LogP contribution in [0.4, 0.5) is 13.2 Å². The molecule has 210 valence electrons. The number of carbonyl (C=O) groups is 1. The van der Waals surface area contributed by atoms with Gasteiger partial charge in [-0.1, -0.05) is 38.1 Å². The molecule has 3 rings (SSSR count). The number of alkyl halides is 3. The van der Waals surface area contributed by atoms with E-state index >= 15 is 0 Å². The van der Waals surface area contributed by atoms with Gasteiger partial charge in [0, 0.05) is 29.8 Å². The van der Waals surface area contributed by atoms with E-state index in [4.69, 9.17) is 9.47 Å². The Morgan fingerprint density at radius 3 is 2.59 bits per heavy atom. The molecule has 2 N–H and O–H groups in total. The Bertz CT molecular complexity index is 1310. The van der Waals surface area contributed by atoms with Crippen LogP contribution in [-0.2, 0) is 15.7 Å². The lowest BCUT2D eigenvalue weighted by molar-refractivity contribution is -0.145. The third kappa shape index (κ3) is 7.64. The van der Waals surface area contributed by atoms with Gasteiger partial charge in [-0.2, -0.15) is 23.3 Å². The van der Waals surface area contributed by atoms with Crippen molar-refractivity contribution < 1.29 is 37.7 Å². The molecule has 39 heavy (non-hydrogen) atoms. The quantitative estimate of drug-likeness (QED) is 0.335. The highest BCUT2D eigenvalue weighted by molar-refractivity contribution is 5.76. The molecule has 0 aliphatic carbocycles. The highest BCUT2D eigenvalue weighted by Crippen LogP contribution is 2.37. The second-order valence-electron chi connectivity index (χ2n) is 9.02. The molecule has 0 amide bonds. The number of nitrogens with zero attached hydrogens (tertiary/aromatic N) is 4. The molecule has 2 heterocycles. The molecule has 0 aliphatic rings. The van der Waals surface area contributed by atoms with Crippen LogP contribution in [0.5, 0.6) is 6.01 Å². The smallest absolute Gasteiger partial charge is 0.416 e. The SMILES string of the molecule is CCOC(=O)C[C@H](O)C[C@@H](O)/C=C/c1c(C(C)C)nn(-c2ccnc(OC)n2)c1-c1cccc(C(F)(F)F)c1. The lowest BCUT2D eigenvalue weighted by Gasteiger charge is -2.13. The number of hydrogen-bond acceptors (Lipinski definition) is 8. The van der Waals surface area contributed by atoms with Crippen LogP contribution in [0, 0.1) is 0 Å². The molecule has 0 spiro atoms. The van der Waals surface area contributed by atoms with E-state index in [9.17, 15) is 28.2 Å². The number of ether oxygens (including phenoxy) is 2. The van der Waals surface area contributed by atoms with Crippen LogP contribution in [0.1, 0.15) is 56.4 Å². The number of aliphatic hydroxyl groups excluding tert-OH is 2. The predicted molar refractivity (Wildman–Crippen MR) is 137 cm³/mol. The number of methoxy groups -OCH3 is 1. The number of hydrogen-bond donors (Lipinski definition) is 2. The van der Waals surface area contributed by atoms with Crippen molar-refractivity contribution in [3.8, 4) is 23.1 Å². The molecule has 0 bridgehead atoms. The third-order valence-electron chi connectivity index (χ3n) is 5.69. The largest absolute Gasteiger partial charge is 0.467 e. The number of rotatable bonds is 11. The van der Waals surface area contributed by atoms with E-state index in [0.717, 1.165) is 12.1 Å². The Kier molecular flexibility index (Phi) is 9.81. The van der Waals surface area contributed by atoms with E-state index in [2.05, 4.69) is 15.1 Å². The average molecular weight is 549 g/mol. The van der Waals surface area contributed by atoms with Crippen molar-refractivity contribution in [1.82, 2.24) is 19.7 Å². The fourth-order valence-corrected chi connectivity index (χ4v) is 3.93. The van der Waals surface area contributed by atoms with Gasteiger partial charge >= 0.3 is 18.2 Å².